The second-order valence-corrected chi connectivity index (χ2v) is 4.81. The van der Waals surface area contributed by atoms with Gasteiger partial charge in [0.1, 0.15) is 9.66 Å². The largest absolute Gasteiger partial charge is 0.245 e. The van der Waals surface area contributed by atoms with Crippen molar-refractivity contribution < 1.29 is 0 Å². The van der Waals surface area contributed by atoms with Gasteiger partial charge >= 0.3 is 0 Å². The molecule has 0 saturated heterocycles. The lowest BCUT2D eigenvalue weighted by molar-refractivity contribution is 1.35. The molecule has 0 radical (unpaired) electrons. The highest BCUT2D eigenvalue weighted by Gasteiger charge is 2.06. The Bertz CT molecular complexity index is 599. The molecule has 0 aromatic carbocycles. The summed E-state index contributed by atoms with van der Waals surface area (Å²) in [5.74, 6) is 0. The average Bonchev–Trinajstić information content (AvgIpc) is 2.56. The third-order valence-electron chi connectivity index (χ3n) is 2.46. The van der Waals surface area contributed by atoms with Crippen LogP contribution in [0.4, 0.5) is 0 Å². The monoisotopic (exact) mass is 214 g/mol. The zero-order chi connectivity index (χ0) is 10.4. The maximum absolute atomic E-state index is 4.43. The summed E-state index contributed by atoms with van der Waals surface area (Å²) in [7, 11) is 0. The second-order valence-electron chi connectivity index (χ2n) is 3.83. The minimum Gasteiger partial charge on any atom is -0.245 e. The van der Waals surface area contributed by atoms with Crippen molar-refractivity contribution in [2.45, 2.75) is 13.8 Å². The third kappa shape index (κ3) is 1.31. The molecule has 0 aliphatic carbocycles. The van der Waals surface area contributed by atoms with Crippen molar-refractivity contribution in [2.75, 3.05) is 0 Å². The first-order valence-corrected chi connectivity index (χ1v) is 5.67. The van der Waals surface area contributed by atoms with Crippen LogP contribution in [-0.4, -0.2) is 9.97 Å². The number of aryl methyl sites for hydroxylation is 2. The summed E-state index contributed by atoms with van der Waals surface area (Å²) in [6.45, 7) is 4.14. The molecule has 0 aliphatic rings. The lowest BCUT2D eigenvalue weighted by Crippen LogP contribution is -1.77. The molecular formula is C12H10N2S. The Morgan fingerprint density at radius 3 is 1.80 bits per heavy atom. The van der Waals surface area contributed by atoms with E-state index in [0.717, 1.165) is 9.66 Å². The van der Waals surface area contributed by atoms with Crippen molar-refractivity contribution in [2.24, 2.45) is 0 Å². The molecule has 3 rings (SSSR count). The molecule has 0 N–H and O–H groups in total. The van der Waals surface area contributed by atoms with E-state index in [-0.39, 0.29) is 0 Å². The zero-order valence-corrected chi connectivity index (χ0v) is 9.43. The van der Waals surface area contributed by atoms with Gasteiger partial charge in [-0.15, -0.1) is 0 Å². The fourth-order valence-corrected chi connectivity index (χ4v) is 2.71. The lowest BCUT2D eigenvalue weighted by atomic mass is 10.2. The van der Waals surface area contributed by atoms with Crippen molar-refractivity contribution in [3.8, 4) is 0 Å². The molecule has 3 heterocycles. The fourth-order valence-electron chi connectivity index (χ4n) is 1.75. The van der Waals surface area contributed by atoms with Gasteiger partial charge in [-0.05, 0) is 37.1 Å². The number of fused-ring (bicyclic) bond motifs is 3. The third-order valence-corrected chi connectivity index (χ3v) is 3.50. The van der Waals surface area contributed by atoms with E-state index >= 15 is 0 Å². The normalized spacial score (nSPS) is 11.3. The first-order chi connectivity index (χ1) is 7.24. The molecule has 0 bridgehead atoms. The minimum atomic E-state index is 1.08. The number of hydrogen-bond donors (Lipinski definition) is 0. The Balaban J connectivity index is 2.55. The van der Waals surface area contributed by atoms with E-state index in [4.69, 9.17) is 0 Å². The molecule has 2 nitrogen and oxygen atoms in total. The number of pyridine rings is 2. The van der Waals surface area contributed by atoms with E-state index in [0.29, 0.717) is 0 Å². The smallest absolute Gasteiger partial charge is 0.125 e. The van der Waals surface area contributed by atoms with Gasteiger partial charge in [0.25, 0.3) is 0 Å². The Morgan fingerprint density at radius 2 is 1.33 bits per heavy atom. The molecule has 0 spiro atoms. The SMILES string of the molecule is Cc1cnc2sc3ncc(C)cc3c2c1. The minimum absolute atomic E-state index is 1.08. The highest BCUT2D eigenvalue weighted by Crippen LogP contribution is 2.31. The van der Waals surface area contributed by atoms with Crippen LogP contribution >= 0.6 is 11.3 Å². The molecule has 15 heavy (non-hydrogen) atoms. The summed E-state index contributed by atoms with van der Waals surface area (Å²) in [4.78, 5) is 11.0. The number of nitrogens with zero attached hydrogens (tertiary/aromatic N) is 2. The Labute approximate surface area is 91.6 Å². The Hall–Kier alpha value is -1.48. The van der Waals surface area contributed by atoms with Crippen molar-refractivity contribution >= 4 is 31.8 Å². The fraction of sp³-hybridized carbons (Fsp3) is 0.167. The summed E-state index contributed by atoms with van der Waals surface area (Å²) in [5.41, 5.74) is 2.40. The maximum Gasteiger partial charge on any atom is 0.125 e. The van der Waals surface area contributed by atoms with Crippen LogP contribution in [0.2, 0.25) is 0 Å². The summed E-state index contributed by atoms with van der Waals surface area (Å²) in [6.07, 6.45) is 3.81. The average molecular weight is 214 g/mol. The van der Waals surface area contributed by atoms with Gasteiger partial charge in [0.2, 0.25) is 0 Å². The molecule has 3 heteroatoms. The van der Waals surface area contributed by atoms with Crippen LogP contribution in [0.25, 0.3) is 20.4 Å². The first kappa shape index (κ1) is 8.80. The first-order valence-electron chi connectivity index (χ1n) is 4.85. The van der Waals surface area contributed by atoms with Crippen LogP contribution < -0.4 is 0 Å². The van der Waals surface area contributed by atoms with E-state index in [2.05, 4.69) is 35.9 Å². The van der Waals surface area contributed by atoms with Crippen LogP contribution in [0, 0.1) is 13.8 Å². The van der Waals surface area contributed by atoms with E-state index in [1.165, 1.54) is 21.9 Å². The molecule has 0 saturated carbocycles. The van der Waals surface area contributed by atoms with Crippen molar-refractivity contribution in [3.63, 3.8) is 0 Å². The van der Waals surface area contributed by atoms with Gasteiger partial charge in [0, 0.05) is 23.2 Å². The van der Waals surface area contributed by atoms with Crippen LogP contribution in [-0.2, 0) is 0 Å². The van der Waals surface area contributed by atoms with Crippen LogP contribution in [0.5, 0.6) is 0 Å². The number of aromatic nitrogens is 2. The number of rotatable bonds is 0. The Morgan fingerprint density at radius 1 is 0.867 bits per heavy atom. The van der Waals surface area contributed by atoms with Gasteiger partial charge < -0.3 is 0 Å². The van der Waals surface area contributed by atoms with Gasteiger partial charge in [0.15, 0.2) is 0 Å². The van der Waals surface area contributed by atoms with Gasteiger partial charge in [-0.3, -0.25) is 0 Å². The predicted octanol–water partition coefficient (Wildman–Crippen LogP) is 3.46. The predicted molar refractivity (Wildman–Crippen MR) is 64.4 cm³/mol. The molecule has 0 unspecified atom stereocenters. The van der Waals surface area contributed by atoms with Gasteiger partial charge in [-0.2, -0.15) is 0 Å². The van der Waals surface area contributed by atoms with Gasteiger partial charge in [0.05, 0.1) is 0 Å². The Kier molecular flexibility index (Phi) is 1.76. The standard InChI is InChI=1S/C12H10N2S/c1-7-3-9-10-4-8(2)6-14-12(10)15-11(9)13-5-7/h3-6H,1-2H3. The maximum atomic E-state index is 4.43. The van der Waals surface area contributed by atoms with E-state index < -0.39 is 0 Å². The summed E-state index contributed by atoms with van der Waals surface area (Å²) >= 11 is 1.66. The zero-order valence-electron chi connectivity index (χ0n) is 8.61. The molecule has 74 valence electrons. The number of hydrogen-bond acceptors (Lipinski definition) is 3. The van der Waals surface area contributed by atoms with E-state index in [1.807, 2.05) is 12.4 Å². The quantitative estimate of drug-likeness (QED) is 0.572. The van der Waals surface area contributed by atoms with Crippen LogP contribution in [0.1, 0.15) is 11.1 Å². The number of thiophene rings is 1. The van der Waals surface area contributed by atoms with Crippen molar-refractivity contribution in [3.05, 3.63) is 35.7 Å². The second kappa shape index (κ2) is 3.00. The molecule has 3 aromatic heterocycles. The summed E-state index contributed by atoms with van der Waals surface area (Å²) in [6, 6.07) is 4.37. The summed E-state index contributed by atoms with van der Waals surface area (Å²) in [5, 5.41) is 2.46. The lowest BCUT2D eigenvalue weighted by Gasteiger charge is -1.94. The highest BCUT2D eigenvalue weighted by molar-refractivity contribution is 7.25. The molecule has 0 fully saturated rings. The molecule has 0 amide bonds. The van der Waals surface area contributed by atoms with Crippen LogP contribution in [0.15, 0.2) is 24.5 Å². The topological polar surface area (TPSA) is 25.8 Å². The van der Waals surface area contributed by atoms with Gasteiger partial charge in [-0.1, -0.05) is 11.3 Å². The van der Waals surface area contributed by atoms with E-state index in [9.17, 15) is 0 Å². The van der Waals surface area contributed by atoms with Gasteiger partial charge in [-0.25, -0.2) is 9.97 Å². The molecule has 0 aliphatic heterocycles. The van der Waals surface area contributed by atoms with Crippen molar-refractivity contribution in [1.29, 1.82) is 0 Å². The van der Waals surface area contributed by atoms with Crippen LogP contribution in [0.3, 0.4) is 0 Å². The summed E-state index contributed by atoms with van der Waals surface area (Å²) < 4.78 is 0. The molecule has 3 aromatic rings. The van der Waals surface area contributed by atoms with E-state index in [1.54, 1.807) is 11.3 Å². The highest BCUT2D eigenvalue weighted by atomic mass is 32.1. The van der Waals surface area contributed by atoms with Crippen molar-refractivity contribution in [1.82, 2.24) is 9.97 Å². The molecular weight excluding hydrogens is 204 g/mol. The molecule has 0 atom stereocenters.